The molecule has 16 atom stereocenters. The number of hydrogen-bond acceptors (Lipinski definition) is 2. The van der Waals surface area contributed by atoms with Gasteiger partial charge in [0, 0.05) is 36.3 Å². The number of fused-ring (bicyclic) bond motifs is 10. The van der Waals surface area contributed by atoms with Crippen molar-refractivity contribution in [3.05, 3.63) is 0 Å². The summed E-state index contributed by atoms with van der Waals surface area (Å²) in [6.45, 7) is 23.0. The average Bonchev–Trinajstić information content (AvgIpc) is 3.28. The molecule has 188 valence electrons. The highest BCUT2D eigenvalue weighted by atomic mass is 15.3. The Balaban J connectivity index is 1.22. The van der Waals surface area contributed by atoms with Gasteiger partial charge in [-0.1, -0.05) is 65.0 Å². The van der Waals surface area contributed by atoms with Crippen molar-refractivity contribution < 1.29 is 0 Å². The van der Waals surface area contributed by atoms with Crippen LogP contribution in [-0.4, -0.2) is 59.5 Å². The second-order valence-corrected chi connectivity index (χ2v) is 15.3. The molecule has 0 radical (unpaired) electrons. The fourth-order valence-electron chi connectivity index (χ4n) is 13.1. The van der Waals surface area contributed by atoms with Crippen LogP contribution in [0.4, 0.5) is 0 Å². The van der Waals surface area contributed by atoms with E-state index in [-0.39, 0.29) is 0 Å². The maximum Gasteiger partial charge on any atom is 0.152 e. The van der Waals surface area contributed by atoms with Crippen LogP contribution in [0.15, 0.2) is 0 Å². The highest BCUT2D eigenvalue weighted by Crippen LogP contribution is 2.74. The van der Waals surface area contributed by atoms with E-state index >= 15 is 0 Å². The molecule has 1 saturated carbocycles. The van der Waals surface area contributed by atoms with E-state index < -0.39 is 0 Å². The van der Waals surface area contributed by atoms with Crippen molar-refractivity contribution in [2.45, 2.75) is 165 Å². The predicted octanol–water partition coefficient (Wildman–Crippen LogP) is 7.07. The lowest BCUT2D eigenvalue weighted by Crippen LogP contribution is -2.68. The molecule has 0 aromatic carbocycles. The molecule has 1 aliphatic carbocycles. The van der Waals surface area contributed by atoms with Crippen LogP contribution in [0.2, 0.25) is 34.9 Å². The van der Waals surface area contributed by atoms with Crippen molar-refractivity contribution in [1.82, 2.24) is 9.80 Å². The van der Waals surface area contributed by atoms with E-state index in [0.29, 0.717) is 0 Å². The van der Waals surface area contributed by atoms with Crippen LogP contribution in [0.3, 0.4) is 0 Å². The molecule has 0 N–H and O–H groups in total. The van der Waals surface area contributed by atoms with Crippen LogP contribution in [-0.2, 0) is 0 Å². The Kier molecular flexibility index (Phi) is 5.31. The number of rotatable bonds is 0. The summed E-state index contributed by atoms with van der Waals surface area (Å²) in [7, 11) is 0. The lowest BCUT2D eigenvalue weighted by Gasteiger charge is -2.70. The molecule has 1 unspecified atom stereocenters. The van der Waals surface area contributed by atoms with Gasteiger partial charge in [-0.3, -0.25) is 9.80 Å². The zero-order valence-corrected chi connectivity index (χ0v) is 23.5. The summed E-state index contributed by atoms with van der Waals surface area (Å²) in [6, 6.07) is 4.97. The van der Waals surface area contributed by atoms with Crippen molar-refractivity contribution in [2.75, 3.05) is 0 Å². The first-order chi connectivity index (χ1) is 16.2. The van der Waals surface area contributed by atoms with Gasteiger partial charge in [-0.15, -0.1) is 0 Å². The first-order valence-electron chi connectivity index (χ1n) is 15.8. The van der Waals surface area contributed by atoms with Gasteiger partial charge in [0.05, 0.1) is 0 Å². The van der Waals surface area contributed by atoms with Gasteiger partial charge in [0.2, 0.25) is 0 Å². The maximum absolute atomic E-state index is 3.03. The van der Waals surface area contributed by atoms with Crippen LogP contribution < -0.4 is 0 Å². The minimum Gasteiger partial charge on any atom is -0.296 e. The van der Waals surface area contributed by atoms with E-state index in [1.807, 2.05) is 0 Å². The third-order valence-corrected chi connectivity index (χ3v) is 14.7. The van der Waals surface area contributed by atoms with E-state index in [4.69, 9.17) is 0 Å². The predicted molar refractivity (Wildman–Crippen MR) is 147 cm³/mol. The van der Waals surface area contributed by atoms with Gasteiger partial charge in [0.15, 0.2) is 13.4 Å². The van der Waals surface area contributed by atoms with E-state index in [2.05, 4.69) is 65.2 Å². The highest BCUT2D eigenvalue weighted by Gasteiger charge is 2.69. The van der Waals surface area contributed by atoms with Crippen LogP contribution in [0.25, 0.3) is 0 Å². The molecule has 4 heteroatoms. The lowest BCUT2D eigenvalue weighted by atomic mass is 9.06. The smallest absolute Gasteiger partial charge is 0.152 e. The summed E-state index contributed by atoms with van der Waals surface area (Å²) in [6.07, 6.45) is 9.14. The zero-order valence-electron chi connectivity index (χ0n) is 23.5. The molecule has 2 nitrogen and oxygen atoms in total. The summed E-state index contributed by atoms with van der Waals surface area (Å²) >= 11 is 0. The zero-order chi connectivity index (χ0) is 23.8. The molecular weight excluding hydrogens is 410 g/mol. The Morgan fingerprint density at radius 3 is 1.26 bits per heavy atom. The third-order valence-electron chi connectivity index (χ3n) is 14.7. The van der Waals surface area contributed by atoms with E-state index in [9.17, 15) is 0 Å². The molecule has 7 rings (SSSR count). The quantitative estimate of drug-likeness (QED) is 0.355. The summed E-state index contributed by atoms with van der Waals surface area (Å²) in [5, 5.41) is 0. The second kappa shape index (κ2) is 7.78. The Hall–Kier alpha value is 0.0499. The Morgan fingerprint density at radius 2 is 0.882 bits per heavy atom. The Labute approximate surface area is 211 Å². The van der Waals surface area contributed by atoms with Crippen molar-refractivity contribution in [3.8, 4) is 0 Å². The summed E-state index contributed by atoms with van der Waals surface area (Å²) in [4.78, 5) is 6.06. The first kappa shape index (κ1) is 23.2. The summed E-state index contributed by atoms with van der Waals surface area (Å²) < 4.78 is 0. The molecule has 0 spiro atoms. The fourth-order valence-corrected chi connectivity index (χ4v) is 13.1. The van der Waals surface area contributed by atoms with Crippen molar-refractivity contribution in [3.63, 3.8) is 0 Å². The fraction of sp³-hybridized carbons (Fsp3) is 1.00. The molecule has 0 aromatic heterocycles. The van der Waals surface area contributed by atoms with Gasteiger partial charge in [0.25, 0.3) is 0 Å². The Morgan fingerprint density at radius 1 is 0.500 bits per heavy atom. The van der Waals surface area contributed by atoms with Crippen molar-refractivity contribution >= 4 is 13.4 Å². The van der Waals surface area contributed by atoms with Gasteiger partial charge in [-0.2, -0.15) is 0 Å². The normalized spacial score (nSPS) is 61.1. The van der Waals surface area contributed by atoms with Gasteiger partial charge in [-0.05, 0) is 87.5 Å². The molecule has 0 aromatic rings. The van der Waals surface area contributed by atoms with Crippen molar-refractivity contribution in [1.29, 1.82) is 0 Å². The molecule has 0 amide bonds. The van der Waals surface area contributed by atoms with Crippen molar-refractivity contribution in [2.24, 2.45) is 23.7 Å². The SMILES string of the molecule is C[C@@H]1C[C@@H]2[C@H](C)B3[C@@H]4[C@@H]5B6[C@@H](CCC5[C@@H]4CC[C@@H]3[C@H](C)N2[C@@H]1C)[C@@H](C)N1[C@@H](C)[C@@H](C)C[C@H]1[C@H]6C. The molecule has 7 fully saturated rings. The monoisotopic (exact) mass is 462 g/mol. The van der Waals surface area contributed by atoms with Gasteiger partial charge >= 0.3 is 0 Å². The topological polar surface area (TPSA) is 6.48 Å². The first-order valence-corrected chi connectivity index (χ1v) is 15.8. The molecule has 6 heterocycles. The van der Waals surface area contributed by atoms with Crippen LogP contribution in [0, 0.1) is 23.7 Å². The molecule has 6 aliphatic heterocycles. The van der Waals surface area contributed by atoms with Crippen LogP contribution >= 0.6 is 0 Å². The third kappa shape index (κ3) is 2.75. The Bertz CT molecular complexity index is 754. The summed E-state index contributed by atoms with van der Waals surface area (Å²) in [5.41, 5.74) is 0. The van der Waals surface area contributed by atoms with E-state index in [0.717, 1.165) is 108 Å². The number of hydrogen-bond donors (Lipinski definition) is 0. The highest BCUT2D eigenvalue weighted by molar-refractivity contribution is 6.72. The van der Waals surface area contributed by atoms with Crippen LogP contribution in [0.5, 0.6) is 0 Å². The molecule has 0 bridgehead atoms. The summed E-state index contributed by atoms with van der Waals surface area (Å²) in [5.74, 6) is 9.87. The number of nitrogens with zero attached hydrogens (tertiary/aromatic N) is 2. The largest absolute Gasteiger partial charge is 0.296 e. The minimum atomic E-state index is 0.797. The molecule has 34 heavy (non-hydrogen) atoms. The van der Waals surface area contributed by atoms with Crippen LogP contribution in [0.1, 0.15) is 93.9 Å². The van der Waals surface area contributed by atoms with Gasteiger partial charge in [-0.25, -0.2) is 0 Å². The molecular formula is C30H52B2N2. The van der Waals surface area contributed by atoms with E-state index in [1.165, 1.54) is 25.7 Å². The van der Waals surface area contributed by atoms with Gasteiger partial charge in [0.1, 0.15) is 0 Å². The maximum atomic E-state index is 3.03. The van der Waals surface area contributed by atoms with E-state index in [1.54, 1.807) is 12.8 Å². The second-order valence-electron chi connectivity index (χ2n) is 15.3. The molecule has 7 aliphatic rings. The van der Waals surface area contributed by atoms with Gasteiger partial charge < -0.3 is 0 Å². The lowest BCUT2D eigenvalue weighted by molar-refractivity contribution is 0.0504. The average molecular weight is 462 g/mol. The standard InChI is InChI=1S/C30H52B2N2/c1-15-13-27-17(3)31-25(21(7)33(27)19(15)5)11-9-23-24-10-12-26-22(8)34-20(6)16(2)14-28(34)18(4)32(26)30(24)29(23)31/h15-30H,9-14H2,1-8H3/t15-,16+,17+,18-,19-,20+,21+,22-,23+,24?,25-,26+,27-,28+,29+,30-/m1/s1. The minimum absolute atomic E-state index is 0.797. The molecule has 6 saturated heterocycles.